The minimum Gasteiger partial charge on any atom is -0.446 e. The summed E-state index contributed by atoms with van der Waals surface area (Å²) in [5, 5.41) is 9.96. The Balaban J connectivity index is 1.58. The molecule has 0 saturated carbocycles. The topological polar surface area (TPSA) is 240 Å². The number of amides is 6. The Bertz CT molecular complexity index is 2140. The van der Waals surface area contributed by atoms with Gasteiger partial charge < -0.3 is 35.5 Å². The lowest BCUT2D eigenvalue weighted by Crippen LogP contribution is -2.61. The third-order valence-corrected chi connectivity index (χ3v) is 10.7. The van der Waals surface area contributed by atoms with Crippen LogP contribution in [-0.2, 0) is 45.2 Å². The molecule has 3 aromatic rings. The summed E-state index contributed by atoms with van der Waals surface area (Å²) in [4.78, 5) is 78.7. The van der Waals surface area contributed by atoms with Crippen LogP contribution in [0.5, 0.6) is 0 Å². The first-order valence-corrected chi connectivity index (χ1v) is 21.4. The van der Waals surface area contributed by atoms with E-state index < -0.39 is 75.9 Å². The largest absolute Gasteiger partial charge is 0.446 e. The number of hydrogen-bond acceptors (Lipinski definition) is 11. The molecular weight excluding hydrogens is 823 g/mol. The zero-order valence-corrected chi connectivity index (χ0v) is 36.2. The van der Waals surface area contributed by atoms with E-state index in [0.717, 1.165) is 22.3 Å². The summed E-state index contributed by atoms with van der Waals surface area (Å²) in [6.45, 7) is 9.56. The van der Waals surface area contributed by atoms with Crippen molar-refractivity contribution in [3.8, 4) is 11.1 Å². The van der Waals surface area contributed by atoms with Crippen molar-refractivity contribution >= 4 is 46.2 Å². The lowest BCUT2D eigenvalue weighted by Gasteiger charge is -2.28. The molecule has 18 nitrogen and oxygen atoms in total. The van der Waals surface area contributed by atoms with Crippen molar-refractivity contribution in [2.45, 2.75) is 83.0 Å². The van der Waals surface area contributed by atoms with Gasteiger partial charge in [0.25, 0.3) is 5.91 Å². The molecule has 6 amide bonds. The number of nitrogens with zero attached hydrogens (tertiary/aromatic N) is 1. The maximum absolute atomic E-state index is 14.3. The SMILES string of the molecule is C=CCOC(=O)N[C@@H](C)C(=O)NN(C(=O)OCC1c2ccccc2-c2ccccc21)S(=O)(=O)N[C@H](Cc1ccccc1)C(=O)N[C@@H](CCCCNC(=O)OC(C)(C)C)C(=O)NC. The molecule has 3 atom stereocenters. The van der Waals surface area contributed by atoms with Crippen LogP contribution in [0, 0.1) is 0 Å². The van der Waals surface area contributed by atoms with E-state index in [9.17, 15) is 37.2 Å². The van der Waals surface area contributed by atoms with Gasteiger partial charge >= 0.3 is 28.5 Å². The van der Waals surface area contributed by atoms with Crippen molar-refractivity contribution in [3.05, 3.63) is 108 Å². The molecular formula is C43H55N7O11S. The Morgan fingerprint density at radius 2 is 1.40 bits per heavy atom. The molecule has 0 bridgehead atoms. The van der Waals surface area contributed by atoms with Crippen molar-refractivity contribution in [3.63, 3.8) is 0 Å². The third kappa shape index (κ3) is 14.1. The van der Waals surface area contributed by atoms with E-state index in [1.165, 1.54) is 20.0 Å². The van der Waals surface area contributed by atoms with Crippen molar-refractivity contribution in [1.29, 1.82) is 0 Å². The molecule has 334 valence electrons. The van der Waals surface area contributed by atoms with Crippen LogP contribution in [-0.4, -0.2) is 99.4 Å². The van der Waals surface area contributed by atoms with E-state index in [0.29, 0.717) is 18.4 Å². The summed E-state index contributed by atoms with van der Waals surface area (Å²) >= 11 is 0. The van der Waals surface area contributed by atoms with Gasteiger partial charge in [0.05, 0.1) is 0 Å². The predicted octanol–water partition coefficient (Wildman–Crippen LogP) is 3.94. The van der Waals surface area contributed by atoms with Crippen LogP contribution in [0.3, 0.4) is 0 Å². The Morgan fingerprint density at radius 3 is 2.00 bits per heavy atom. The first-order chi connectivity index (χ1) is 29.4. The molecule has 0 aliphatic heterocycles. The lowest BCUT2D eigenvalue weighted by atomic mass is 9.98. The Morgan fingerprint density at radius 1 is 0.790 bits per heavy atom. The summed E-state index contributed by atoms with van der Waals surface area (Å²) in [6.07, 6.45) is -1.24. The van der Waals surface area contributed by atoms with Gasteiger partial charge in [-0.15, -0.1) is 0 Å². The molecule has 0 spiro atoms. The normalized spacial score (nSPS) is 13.4. The lowest BCUT2D eigenvalue weighted by molar-refractivity contribution is -0.129. The zero-order chi connectivity index (χ0) is 45.5. The number of hydrogen-bond donors (Lipinski definition) is 6. The second-order valence-corrected chi connectivity index (χ2v) is 16.8. The molecule has 0 heterocycles. The molecule has 1 aliphatic rings. The van der Waals surface area contributed by atoms with E-state index in [1.807, 2.05) is 54.0 Å². The van der Waals surface area contributed by atoms with Gasteiger partial charge in [0.2, 0.25) is 11.8 Å². The fourth-order valence-corrected chi connectivity index (χ4v) is 7.55. The van der Waals surface area contributed by atoms with Gasteiger partial charge in [-0.3, -0.25) is 14.4 Å². The van der Waals surface area contributed by atoms with Gasteiger partial charge in [-0.05, 0) is 81.2 Å². The standard InChI is InChI=1S/C43H55N7O11S/c1-7-25-59-41(55)46-28(2)37(51)48-50(42(56)60-27-34-32-21-13-11-19-30(32)31-20-12-14-22-33(31)34)62(57,58)49-36(26-29-17-9-8-10-18-29)39(53)47-35(38(52)44-6)23-15-16-24-45-40(54)61-43(3,4)5/h7-14,17-22,28,34-36,49H,1,15-16,23-27H2,2-6H3,(H,44,52)(H,45,54)(H,46,55)(H,47,53)(H,48,51)/t28-,35-,36+/m0/s1. The molecule has 6 N–H and O–H groups in total. The summed E-state index contributed by atoms with van der Waals surface area (Å²) in [6, 6.07) is 19.1. The fraction of sp³-hybridized carbons (Fsp3) is 0.395. The molecule has 62 heavy (non-hydrogen) atoms. The van der Waals surface area contributed by atoms with Crippen LogP contribution in [0.2, 0.25) is 0 Å². The highest BCUT2D eigenvalue weighted by Gasteiger charge is 2.38. The number of alkyl carbamates (subject to hydrolysis) is 2. The first-order valence-electron chi connectivity index (χ1n) is 20.0. The summed E-state index contributed by atoms with van der Waals surface area (Å²) in [7, 11) is -3.85. The number of benzene rings is 3. The van der Waals surface area contributed by atoms with E-state index >= 15 is 0 Å². The molecule has 4 rings (SSSR count). The van der Waals surface area contributed by atoms with Crippen LogP contribution in [0.1, 0.15) is 69.6 Å². The number of nitrogens with one attached hydrogen (secondary N) is 6. The molecule has 1 aliphatic carbocycles. The van der Waals surface area contributed by atoms with Crippen LogP contribution < -0.4 is 31.4 Å². The van der Waals surface area contributed by atoms with Crippen LogP contribution >= 0.6 is 0 Å². The number of fused-ring (bicyclic) bond motifs is 3. The Hall–Kier alpha value is -6.47. The highest BCUT2D eigenvalue weighted by molar-refractivity contribution is 7.87. The second-order valence-electron chi connectivity index (χ2n) is 15.3. The summed E-state index contributed by atoms with van der Waals surface area (Å²) in [5.41, 5.74) is 5.32. The highest BCUT2D eigenvalue weighted by Crippen LogP contribution is 2.44. The third-order valence-electron chi connectivity index (χ3n) is 9.37. The number of likely N-dealkylation sites (N-methyl/N-ethyl adjacent to an activating group) is 1. The average molecular weight is 878 g/mol. The number of unbranched alkanes of at least 4 members (excludes halogenated alkanes) is 1. The molecule has 3 aromatic carbocycles. The minimum atomic E-state index is -5.22. The predicted molar refractivity (Wildman–Crippen MR) is 229 cm³/mol. The molecule has 0 aromatic heterocycles. The van der Waals surface area contributed by atoms with Crippen LogP contribution in [0.15, 0.2) is 91.5 Å². The van der Waals surface area contributed by atoms with Crippen LogP contribution in [0.4, 0.5) is 14.4 Å². The van der Waals surface area contributed by atoms with E-state index in [4.69, 9.17) is 14.2 Å². The second kappa shape index (κ2) is 22.4. The zero-order valence-electron chi connectivity index (χ0n) is 35.4. The average Bonchev–Trinajstić information content (AvgIpc) is 3.55. The Labute approximate surface area is 361 Å². The van der Waals surface area contributed by atoms with Crippen molar-refractivity contribution in [2.24, 2.45) is 0 Å². The number of ether oxygens (including phenoxy) is 3. The molecule has 0 fully saturated rings. The van der Waals surface area contributed by atoms with Gasteiger partial charge in [-0.25, -0.2) is 19.8 Å². The monoisotopic (exact) mass is 877 g/mol. The van der Waals surface area contributed by atoms with Crippen molar-refractivity contribution in [1.82, 2.24) is 35.8 Å². The number of hydrazine groups is 1. The Kier molecular flexibility index (Phi) is 17.4. The van der Waals surface area contributed by atoms with E-state index in [2.05, 4.69) is 32.6 Å². The quantitative estimate of drug-likeness (QED) is 0.0436. The summed E-state index contributed by atoms with van der Waals surface area (Å²) in [5.74, 6) is -3.16. The number of rotatable bonds is 19. The molecule has 0 unspecified atom stereocenters. The maximum atomic E-state index is 14.3. The minimum absolute atomic E-state index is 0.0749. The number of carbonyl (C=O) groups is 6. The van der Waals surface area contributed by atoms with Gasteiger partial charge in [0, 0.05) is 19.5 Å². The first kappa shape index (κ1) is 48.2. The summed E-state index contributed by atoms with van der Waals surface area (Å²) < 4.78 is 46.5. The van der Waals surface area contributed by atoms with Gasteiger partial charge in [-0.1, -0.05) is 95.9 Å². The van der Waals surface area contributed by atoms with Crippen molar-refractivity contribution in [2.75, 3.05) is 26.8 Å². The van der Waals surface area contributed by atoms with E-state index in [-0.39, 0.29) is 37.0 Å². The van der Waals surface area contributed by atoms with Crippen molar-refractivity contribution < 1.29 is 51.4 Å². The fourth-order valence-electron chi connectivity index (χ4n) is 6.44. The van der Waals surface area contributed by atoms with Crippen LogP contribution in [0.25, 0.3) is 11.1 Å². The van der Waals surface area contributed by atoms with Gasteiger partial charge in [0.1, 0.15) is 36.9 Å². The molecule has 19 heteroatoms. The van der Waals surface area contributed by atoms with E-state index in [1.54, 1.807) is 51.1 Å². The van der Waals surface area contributed by atoms with Gasteiger partial charge in [0.15, 0.2) is 0 Å². The van der Waals surface area contributed by atoms with Gasteiger partial charge in [-0.2, -0.15) is 13.1 Å². The maximum Gasteiger partial charge on any atom is 0.444 e. The highest BCUT2D eigenvalue weighted by atomic mass is 32.2. The smallest absolute Gasteiger partial charge is 0.444 e. The molecule has 0 saturated heterocycles. The number of carbonyl (C=O) groups excluding carboxylic acids is 6. The molecule has 0 radical (unpaired) electrons.